The molecule has 0 radical (unpaired) electrons. The van der Waals surface area contributed by atoms with Gasteiger partial charge in [-0.2, -0.15) is 5.10 Å². The number of nitrogens with one attached hydrogen (secondary N) is 1. The molecule has 182 valence electrons. The maximum absolute atomic E-state index is 15.3. The normalized spacial score (nSPS) is 13.6. The number of nitrogens with zero attached hydrogens (tertiary/aromatic N) is 6. The van der Waals surface area contributed by atoms with E-state index in [1.807, 2.05) is 41.8 Å². The molecule has 4 heterocycles. The van der Waals surface area contributed by atoms with Crippen LogP contribution in [0, 0.1) is 12.7 Å². The monoisotopic (exact) mass is 510 g/mol. The summed E-state index contributed by atoms with van der Waals surface area (Å²) in [6, 6.07) is 12.5. The molecule has 6 aromatic rings. The summed E-state index contributed by atoms with van der Waals surface area (Å²) in [4.78, 5) is 18.2. The Hall–Kier alpha value is -4.37. The third-order valence-corrected chi connectivity index (χ3v) is 7.00. The predicted molar refractivity (Wildman–Crippen MR) is 141 cm³/mol. The molecule has 0 amide bonds. The molecular formula is C27H20ClFN8. The van der Waals surface area contributed by atoms with Gasteiger partial charge in [0.25, 0.3) is 0 Å². The number of anilines is 1. The lowest BCUT2D eigenvalue weighted by atomic mass is 10.0. The smallest absolute Gasteiger partial charge is 0.183 e. The van der Waals surface area contributed by atoms with Gasteiger partial charge in [0.1, 0.15) is 28.8 Å². The van der Waals surface area contributed by atoms with Crippen molar-refractivity contribution in [2.24, 2.45) is 0 Å². The van der Waals surface area contributed by atoms with Crippen molar-refractivity contribution in [3.8, 4) is 28.2 Å². The molecule has 0 aliphatic heterocycles. The summed E-state index contributed by atoms with van der Waals surface area (Å²) in [6.45, 7) is 1.85. The van der Waals surface area contributed by atoms with Crippen LogP contribution >= 0.6 is 11.6 Å². The van der Waals surface area contributed by atoms with E-state index in [4.69, 9.17) is 22.3 Å². The van der Waals surface area contributed by atoms with Gasteiger partial charge < -0.3 is 5.73 Å². The number of rotatable bonds is 4. The molecular weight excluding hydrogens is 491 g/mol. The third-order valence-electron chi connectivity index (χ3n) is 6.69. The molecule has 1 fully saturated rings. The van der Waals surface area contributed by atoms with Crippen LogP contribution in [0.15, 0.2) is 54.9 Å². The molecule has 3 N–H and O–H groups in total. The first-order valence-corrected chi connectivity index (χ1v) is 12.3. The van der Waals surface area contributed by atoms with Gasteiger partial charge in [-0.3, -0.25) is 14.6 Å². The number of aromatic amines is 1. The van der Waals surface area contributed by atoms with E-state index in [0.29, 0.717) is 39.1 Å². The SMILES string of the molecule is Cc1nc(-c2cc(-c3ccnc(N)c3)cc3c2nc(C2CC2)n3-c2ccnc3c(Cl)ccc(F)c23)n[nH]1. The van der Waals surface area contributed by atoms with Gasteiger partial charge in [-0.15, -0.1) is 0 Å². The van der Waals surface area contributed by atoms with Crippen molar-refractivity contribution >= 4 is 39.4 Å². The van der Waals surface area contributed by atoms with Crippen molar-refractivity contribution in [3.05, 3.63) is 77.3 Å². The fourth-order valence-electron chi connectivity index (χ4n) is 4.85. The number of nitrogens with two attached hydrogens (primary N) is 1. The van der Waals surface area contributed by atoms with Crippen LogP contribution in [0.25, 0.3) is 50.1 Å². The van der Waals surface area contributed by atoms with E-state index >= 15 is 4.39 Å². The summed E-state index contributed by atoms with van der Waals surface area (Å²) < 4.78 is 17.4. The summed E-state index contributed by atoms with van der Waals surface area (Å²) in [6.07, 6.45) is 5.35. The molecule has 8 nitrogen and oxygen atoms in total. The number of H-pyrrole nitrogens is 1. The highest BCUT2D eigenvalue weighted by Crippen LogP contribution is 2.45. The van der Waals surface area contributed by atoms with Crippen molar-refractivity contribution in [2.45, 2.75) is 25.7 Å². The lowest BCUT2D eigenvalue weighted by Gasteiger charge is -2.14. The van der Waals surface area contributed by atoms with E-state index in [9.17, 15) is 0 Å². The minimum Gasteiger partial charge on any atom is -0.384 e. The van der Waals surface area contributed by atoms with Crippen molar-refractivity contribution in [1.82, 2.24) is 34.7 Å². The van der Waals surface area contributed by atoms with Crippen LogP contribution in [0.4, 0.5) is 10.2 Å². The fraction of sp³-hybridized carbons (Fsp3) is 0.148. The number of aryl methyl sites for hydroxylation is 1. The fourth-order valence-corrected chi connectivity index (χ4v) is 5.06. The number of halogens is 2. The molecule has 0 atom stereocenters. The molecule has 37 heavy (non-hydrogen) atoms. The zero-order valence-corrected chi connectivity index (χ0v) is 20.5. The average molecular weight is 511 g/mol. The average Bonchev–Trinajstić information content (AvgIpc) is 3.54. The maximum atomic E-state index is 15.3. The standard InChI is InChI=1S/C27H20ClFN8/c1-13-33-26(36-35-13)17-10-16(15-6-8-31-22(30)12-15)11-21-24(17)34-27(14-2-3-14)37(21)20-7-9-32-25-18(28)4-5-19(29)23(20)25/h4-12,14H,2-3H2,1H3,(H2,30,31)(H,33,35,36). The lowest BCUT2D eigenvalue weighted by molar-refractivity contribution is 0.639. The number of hydrogen-bond acceptors (Lipinski definition) is 6. The molecule has 1 aliphatic carbocycles. The number of aromatic nitrogens is 7. The van der Waals surface area contributed by atoms with Crippen molar-refractivity contribution in [1.29, 1.82) is 0 Å². The van der Waals surface area contributed by atoms with E-state index in [1.54, 1.807) is 12.4 Å². The minimum atomic E-state index is -0.394. The van der Waals surface area contributed by atoms with Gasteiger partial charge in [0.15, 0.2) is 5.82 Å². The molecule has 1 saturated carbocycles. The second kappa shape index (κ2) is 8.07. The number of hydrogen-bond donors (Lipinski definition) is 2. The molecule has 1 aliphatic rings. The van der Waals surface area contributed by atoms with E-state index in [1.165, 1.54) is 12.1 Å². The van der Waals surface area contributed by atoms with Gasteiger partial charge in [0, 0.05) is 23.9 Å². The van der Waals surface area contributed by atoms with Gasteiger partial charge >= 0.3 is 0 Å². The lowest BCUT2D eigenvalue weighted by Crippen LogP contribution is -2.03. The first-order valence-electron chi connectivity index (χ1n) is 11.9. The van der Waals surface area contributed by atoms with E-state index in [0.717, 1.165) is 46.4 Å². The van der Waals surface area contributed by atoms with Gasteiger partial charge in [0.05, 0.1) is 27.1 Å². The van der Waals surface area contributed by atoms with Crippen molar-refractivity contribution < 1.29 is 4.39 Å². The van der Waals surface area contributed by atoms with Crippen LogP contribution in [0.5, 0.6) is 0 Å². The highest BCUT2D eigenvalue weighted by molar-refractivity contribution is 6.35. The van der Waals surface area contributed by atoms with Crippen LogP contribution in [0.1, 0.15) is 30.4 Å². The second-order valence-electron chi connectivity index (χ2n) is 9.27. The van der Waals surface area contributed by atoms with Crippen LogP contribution in [-0.4, -0.2) is 34.7 Å². The maximum Gasteiger partial charge on any atom is 0.183 e. The van der Waals surface area contributed by atoms with Gasteiger partial charge in [-0.05, 0) is 73.4 Å². The summed E-state index contributed by atoms with van der Waals surface area (Å²) in [5, 5.41) is 8.10. The topological polar surface area (TPSA) is 111 Å². The van der Waals surface area contributed by atoms with Crippen LogP contribution < -0.4 is 5.73 Å². The number of nitrogen functional groups attached to an aromatic ring is 1. The number of benzene rings is 2. The molecule has 0 spiro atoms. The number of pyridine rings is 2. The Morgan fingerprint density at radius 1 is 1.00 bits per heavy atom. The molecule has 2 aromatic carbocycles. The minimum absolute atomic E-state index is 0.264. The van der Waals surface area contributed by atoms with Crippen LogP contribution in [0.2, 0.25) is 5.02 Å². The molecule has 10 heteroatoms. The Morgan fingerprint density at radius 3 is 2.59 bits per heavy atom. The largest absolute Gasteiger partial charge is 0.384 e. The molecule has 0 saturated heterocycles. The van der Waals surface area contributed by atoms with E-state index in [-0.39, 0.29) is 5.92 Å². The van der Waals surface area contributed by atoms with Crippen LogP contribution in [-0.2, 0) is 0 Å². The third kappa shape index (κ3) is 3.54. The zero-order chi connectivity index (χ0) is 25.3. The number of fused-ring (bicyclic) bond motifs is 2. The first kappa shape index (κ1) is 21.9. The van der Waals surface area contributed by atoms with Crippen molar-refractivity contribution in [2.75, 3.05) is 5.73 Å². The van der Waals surface area contributed by atoms with Gasteiger partial charge in [0.2, 0.25) is 0 Å². The van der Waals surface area contributed by atoms with Gasteiger partial charge in [-0.25, -0.2) is 19.3 Å². The first-order chi connectivity index (χ1) is 18.0. The number of imidazole rings is 1. The summed E-state index contributed by atoms with van der Waals surface area (Å²) >= 11 is 6.43. The van der Waals surface area contributed by atoms with Gasteiger partial charge in [-0.1, -0.05) is 11.6 Å². The van der Waals surface area contributed by atoms with Crippen molar-refractivity contribution in [3.63, 3.8) is 0 Å². The quantitative estimate of drug-likeness (QED) is 0.302. The van der Waals surface area contributed by atoms with E-state index in [2.05, 4.69) is 25.1 Å². The Labute approximate surface area is 215 Å². The summed E-state index contributed by atoms with van der Waals surface area (Å²) in [5.41, 5.74) is 11.1. The highest BCUT2D eigenvalue weighted by atomic mass is 35.5. The molecule has 0 unspecified atom stereocenters. The summed E-state index contributed by atoms with van der Waals surface area (Å²) in [7, 11) is 0. The Morgan fingerprint density at radius 2 is 1.84 bits per heavy atom. The summed E-state index contributed by atoms with van der Waals surface area (Å²) in [5.74, 6) is 2.37. The highest BCUT2D eigenvalue weighted by Gasteiger charge is 2.32. The van der Waals surface area contributed by atoms with E-state index < -0.39 is 5.82 Å². The second-order valence-corrected chi connectivity index (χ2v) is 9.68. The zero-order valence-electron chi connectivity index (χ0n) is 19.7. The molecule has 4 aromatic heterocycles. The predicted octanol–water partition coefficient (Wildman–Crippen LogP) is 5.98. The Kier molecular flexibility index (Phi) is 4.77. The van der Waals surface area contributed by atoms with Crippen LogP contribution in [0.3, 0.4) is 0 Å². The molecule has 7 rings (SSSR count). The Balaban J connectivity index is 1.62. The molecule has 0 bridgehead atoms. The Bertz CT molecular complexity index is 1850.